The Morgan fingerprint density at radius 1 is 1.16 bits per heavy atom. The molecule has 4 rings (SSSR count). The minimum absolute atomic E-state index is 0.0477. The average molecular weight is 422 g/mol. The number of carbonyl (C=O) groups is 2. The molecule has 2 aromatic heterocycles. The zero-order valence-corrected chi connectivity index (χ0v) is 18.0. The van der Waals surface area contributed by atoms with E-state index < -0.39 is 0 Å². The van der Waals surface area contributed by atoms with Crippen LogP contribution in [0, 0.1) is 13.8 Å². The molecule has 3 aromatic rings. The molecule has 31 heavy (non-hydrogen) atoms. The van der Waals surface area contributed by atoms with Gasteiger partial charge in [-0.25, -0.2) is 10.5 Å². The number of fused-ring (bicyclic) bond motifs is 1. The van der Waals surface area contributed by atoms with Gasteiger partial charge in [0.05, 0.1) is 18.2 Å². The van der Waals surface area contributed by atoms with Gasteiger partial charge in [0, 0.05) is 35.9 Å². The molecule has 1 aromatic carbocycles. The second kappa shape index (κ2) is 8.77. The number of aromatic nitrogens is 2. The maximum atomic E-state index is 12.9. The predicted octanol–water partition coefficient (Wildman–Crippen LogP) is 3.66. The smallest absolute Gasteiger partial charge is 0.274 e. The van der Waals surface area contributed by atoms with Crippen molar-refractivity contribution < 1.29 is 14.4 Å². The first-order valence-electron chi connectivity index (χ1n) is 10.5. The molecule has 1 fully saturated rings. The number of aryl methyl sites for hydroxylation is 2. The highest BCUT2D eigenvalue weighted by Crippen LogP contribution is 2.28. The third-order valence-corrected chi connectivity index (χ3v) is 5.82. The summed E-state index contributed by atoms with van der Waals surface area (Å²) in [7, 11) is 1.39. The Morgan fingerprint density at radius 3 is 2.68 bits per heavy atom. The van der Waals surface area contributed by atoms with Crippen LogP contribution in [-0.2, 0) is 4.84 Å². The van der Waals surface area contributed by atoms with Crippen LogP contribution in [0.5, 0.6) is 0 Å². The SMILES string of the molecule is CONC(=O)c1ccc(C)c(Nc2nccn3cc(C(=O)NC4CCCC4)c(C)c23)c1. The zero-order valence-electron chi connectivity index (χ0n) is 18.0. The van der Waals surface area contributed by atoms with Gasteiger partial charge < -0.3 is 15.0 Å². The van der Waals surface area contributed by atoms with Crippen molar-refractivity contribution in [2.45, 2.75) is 45.6 Å². The summed E-state index contributed by atoms with van der Waals surface area (Å²) in [6, 6.07) is 5.60. The van der Waals surface area contributed by atoms with E-state index in [0.29, 0.717) is 16.9 Å². The summed E-state index contributed by atoms with van der Waals surface area (Å²) in [6.07, 6.45) is 9.77. The molecule has 0 saturated heterocycles. The van der Waals surface area contributed by atoms with E-state index in [0.717, 1.165) is 35.2 Å². The first-order valence-corrected chi connectivity index (χ1v) is 10.5. The molecular weight excluding hydrogens is 394 g/mol. The molecule has 0 radical (unpaired) electrons. The fraction of sp³-hybridized carbons (Fsp3) is 0.348. The third-order valence-electron chi connectivity index (χ3n) is 5.82. The van der Waals surface area contributed by atoms with Crippen LogP contribution in [0.1, 0.15) is 57.5 Å². The molecule has 1 aliphatic rings. The molecule has 1 aliphatic carbocycles. The van der Waals surface area contributed by atoms with Gasteiger partial charge in [-0.3, -0.25) is 14.4 Å². The Kier molecular flexibility index (Phi) is 5.90. The van der Waals surface area contributed by atoms with Crippen LogP contribution in [0.2, 0.25) is 0 Å². The van der Waals surface area contributed by atoms with Crippen molar-refractivity contribution in [3.8, 4) is 0 Å². The molecule has 1 saturated carbocycles. The molecule has 0 aliphatic heterocycles. The van der Waals surface area contributed by atoms with E-state index in [1.807, 2.05) is 36.7 Å². The highest BCUT2D eigenvalue weighted by atomic mass is 16.6. The van der Waals surface area contributed by atoms with E-state index >= 15 is 0 Å². The van der Waals surface area contributed by atoms with Gasteiger partial charge in [0.15, 0.2) is 5.82 Å². The van der Waals surface area contributed by atoms with Gasteiger partial charge in [0.25, 0.3) is 11.8 Å². The number of anilines is 2. The van der Waals surface area contributed by atoms with Crippen LogP contribution in [0.4, 0.5) is 11.5 Å². The molecule has 162 valence electrons. The molecule has 8 nitrogen and oxygen atoms in total. The zero-order chi connectivity index (χ0) is 22.0. The van der Waals surface area contributed by atoms with Gasteiger partial charge >= 0.3 is 0 Å². The number of carbonyl (C=O) groups excluding carboxylic acids is 2. The molecule has 2 heterocycles. The predicted molar refractivity (Wildman–Crippen MR) is 119 cm³/mol. The van der Waals surface area contributed by atoms with E-state index in [-0.39, 0.29) is 17.9 Å². The van der Waals surface area contributed by atoms with Crippen LogP contribution >= 0.6 is 0 Å². The summed E-state index contributed by atoms with van der Waals surface area (Å²) in [5, 5.41) is 6.49. The Labute approximate surface area is 181 Å². The van der Waals surface area contributed by atoms with Gasteiger partial charge in [-0.2, -0.15) is 0 Å². The summed E-state index contributed by atoms with van der Waals surface area (Å²) in [6.45, 7) is 3.88. The second-order valence-corrected chi connectivity index (χ2v) is 7.94. The number of hydrogen-bond donors (Lipinski definition) is 3. The molecule has 3 N–H and O–H groups in total. The maximum absolute atomic E-state index is 12.9. The minimum Gasteiger partial charge on any atom is -0.349 e. The number of nitrogens with zero attached hydrogens (tertiary/aromatic N) is 2. The van der Waals surface area contributed by atoms with E-state index in [9.17, 15) is 9.59 Å². The molecule has 2 amide bonds. The fourth-order valence-electron chi connectivity index (χ4n) is 4.11. The van der Waals surface area contributed by atoms with Crippen LogP contribution in [-0.4, -0.2) is 34.4 Å². The largest absolute Gasteiger partial charge is 0.349 e. The minimum atomic E-state index is -0.332. The lowest BCUT2D eigenvalue weighted by molar-refractivity contribution is 0.0537. The lowest BCUT2D eigenvalue weighted by Gasteiger charge is -2.13. The van der Waals surface area contributed by atoms with Gasteiger partial charge in [-0.05, 0) is 49.9 Å². The number of hydrogen-bond acceptors (Lipinski definition) is 5. The normalized spacial score (nSPS) is 14.0. The molecule has 0 atom stereocenters. The van der Waals surface area contributed by atoms with Crippen molar-refractivity contribution >= 4 is 28.8 Å². The lowest BCUT2D eigenvalue weighted by atomic mass is 10.1. The third kappa shape index (κ3) is 4.25. The van der Waals surface area contributed by atoms with Crippen molar-refractivity contribution in [2.24, 2.45) is 0 Å². The standard InChI is InChI=1S/C23H27N5O3/c1-14-8-9-16(22(29)27-31-3)12-19(14)26-21-20-15(2)18(13-28(20)11-10-24-21)23(30)25-17-6-4-5-7-17/h8-13,17H,4-7H2,1-3H3,(H,24,26)(H,25,30)(H,27,29). The van der Waals surface area contributed by atoms with Crippen molar-refractivity contribution in [2.75, 3.05) is 12.4 Å². The van der Waals surface area contributed by atoms with Gasteiger partial charge in [-0.1, -0.05) is 18.9 Å². The first kappa shape index (κ1) is 20.9. The first-order chi connectivity index (χ1) is 15.0. The van der Waals surface area contributed by atoms with Crippen molar-refractivity contribution in [1.29, 1.82) is 0 Å². The van der Waals surface area contributed by atoms with Crippen LogP contribution in [0.3, 0.4) is 0 Å². The summed E-state index contributed by atoms with van der Waals surface area (Å²) < 4.78 is 1.91. The van der Waals surface area contributed by atoms with E-state index in [1.165, 1.54) is 20.0 Å². The molecule has 0 spiro atoms. The van der Waals surface area contributed by atoms with Crippen molar-refractivity contribution in [3.63, 3.8) is 0 Å². The highest BCUT2D eigenvalue weighted by molar-refractivity contribution is 5.99. The average Bonchev–Trinajstić information content (AvgIpc) is 3.38. The number of hydroxylamine groups is 1. The topological polar surface area (TPSA) is 96.8 Å². The maximum Gasteiger partial charge on any atom is 0.274 e. The van der Waals surface area contributed by atoms with Gasteiger partial charge in [0.2, 0.25) is 0 Å². The van der Waals surface area contributed by atoms with E-state index in [4.69, 9.17) is 4.84 Å². The summed E-state index contributed by atoms with van der Waals surface area (Å²) >= 11 is 0. The second-order valence-electron chi connectivity index (χ2n) is 7.94. The fourth-order valence-corrected chi connectivity index (χ4v) is 4.11. The Morgan fingerprint density at radius 2 is 1.94 bits per heavy atom. The summed E-state index contributed by atoms with van der Waals surface area (Å²) in [5.74, 6) is 0.238. The van der Waals surface area contributed by atoms with Crippen LogP contribution in [0.15, 0.2) is 36.8 Å². The Bertz CT molecular complexity index is 1130. The molecule has 0 unspecified atom stereocenters. The molecule has 8 heteroatoms. The number of rotatable bonds is 6. The Balaban J connectivity index is 1.66. The van der Waals surface area contributed by atoms with Crippen molar-refractivity contribution in [3.05, 3.63) is 59.0 Å². The van der Waals surface area contributed by atoms with E-state index in [2.05, 4.69) is 21.1 Å². The number of nitrogens with one attached hydrogen (secondary N) is 3. The van der Waals surface area contributed by atoms with Gasteiger partial charge in [0.1, 0.15) is 0 Å². The molecule has 0 bridgehead atoms. The highest BCUT2D eigenvalue weighted by Gasteiger charge is 2.22. The lowest BCUT2D eigenvalue weighted by Crippen LogP contribution is -2.32. The number of amides is 2. The Hall–Kier alpha value is -3.39. The summed E-state index contributed by atoms with van der Waals surface area (Å²) in [4.78, 5) is 34.2. The van der Waals surface area contributed by atoms with Crippen LogP contribution < -0.4 is 16.1 Å². The quantitative estimate of drug-likeness (QED) is 0.528. The van der Waals surface area contributed by atoms with E-state index in [1.54, 1.807) is 18.3 Å². The number of benzene rings is 1. The van der Waals surface area contributed by atoms with Crippen LogP contribution in [0.25, 0.3) is 5.52 Å². The van der Waals surface area contributed by atoms with Crippen molar-refractivity contribution in [1.82, 2.24) is 20.2 Å². The monoisotopic (exact) mass is 421 g/mol. The molecular formula is C23H27N5O3. The summed E-state index contributed by atoms with van der Waals surface area (Å²) in [5.41, 5.74) is 6.83. The van der Waals surface area contributed by atoms with Gasteiger partial charge in [-0.15, -0.1) is 0 Å².